The monoisotopic (exact) mass is 526 g/mol. The van der Waals surface area contributed by atoms with Crippen molar-refractivity contribution in [3.63, 3.8) is 0 Å². The number of amides is 2. The van der Waals surface area contributed by atoms with Crippen molar-refractivity contribution >= 4 is 40.6 Å². The van der Waals surface area contributed by atoms with E-state index in [0.29, 0.717) is 36.0 Å². The van der Waals surface area contributed by atoms with Crippen molar-refractivity contribution in [3.05, 3.63) is 46.5 Å². The minimum Gasteiger partial charge on any atom is -0.443 e. The van der Waals surface area contributed by atoms with Crippen LogP contribution >= 0.6 is 11.6 Å². The predicted octanol–water partition coefficient (Wildman–Crippen LogP) is 5.42. The standard InChI is InChI=1S/C24H35ClN4O5S/c1-7-9-10-13-29(35(32)33)22(30)21-16-27(17(3)26-21)15-18-11-12-19(14-20(18)25)28(8-2)23(31)34-24(4,5)6/h11-12,14,16H,7-10,13,15H2,1-6H3,(H,32,33). The van der Waals surface area contributed by atoms with E-state index < -0.39 is 28.9 Å². The van der Waals surface area contributed by atoms with Gasteiger partial charge in [0.05, 0.1) is 6.54 Å². The van der Waals surface area contributed by atoms with Gasteiger partial charge < -0.3 is 9.30 Å². The fraction of sp³-hybridized carbons (Fsp3) is 0.542. The summed E-state index contributed by atoms with van der Waals surface area (Å²) in [4.78, 5) is 31.2. The van der Waals surface area contributed by atoms with Crippen LogP contribution in [0, 0.1) is 6.92 Å². The van der Waals surface area contributed by atoms with Crippen molar-refractivity contribution in [2.24, 2.45) is 0 Å². The Labute approximate surface area is 214 Å². The Morgan fingerprint density at radius 1 is 1.23 bits per heavy atom. The molecule has 0 radical (unpaired) electrons. The van der Waals surface area contributed by atoms with Crippen LogP contribution in [0.1, 0.15) is 75.8 Å². The number of aromatic nitrogens is 2. The van der Waals surface area contributed by atoms with Crippen molar-refractivity contribution in [1.82, 2.24) is 13.9 Å². The lowest BCUT2D eigenvalue weighted by Gasteiger charge is -2.27. The molecule has 1 unspecified atom stereocenters. The number of unbranched alkanes of at least 4 members (excludes halogenated alkanes) is 2. The second-order valence-electron chi connectivity index (χ2n) is 9.15. The zero-order chi connectivity index (χ0) is 26.3. The number of aryl methyl sites for hydroxylation is 1. The molecule has 194 valence electrons. The van der Waals surface area contributed by atoms with Crippen molar-refractivity contribution < 1.29 is 23.1 Å². The van der Waals surface area contributed by atoms with Crippen LogP contribution in [-0.4, -0.2) is 53.3 Å². The summed E-state index contributed by atoms with van der Waals surface area (Å²) in [6, 6.07) is 5.30. The van der Waals surface area contributed by atoms with Crippen LogP contribution in [0.3, 0.4) is 0 Å². The number of anilines is 1. The van der Waals surface area contributed by atoms with Gasteiger partial charge in [0, 0.05) is 30.0 Å². The van der Waals surface area contributed by atoms with Gasteiger partial charge in [-0.2, -0.15) is 0 Å². The van der Waals surface area contributed by atoms with Crippen LogP contribution in [0.2, 0.25) is 5.02 Å². The van der Waals surface area contributed by atoms with Crippen molar-refractivity contribution in [1.29, 1.82) is 0 Å². The normalized spacial score (nSPS) is 12.3. The lowest BCUT2D eigenvalue weighted by atomic mass is 10.2. The van der Waals surface area contributed by atoms with Gasteiger partial charge in [0.1, 0.15) is 17.1 Å². The number of carbonyl (C=O) groups excluding carboxylic acids is 2. The molecule has 0 bridgehead atoms. The van der Waals surface area contributed by atoms with Crippen LogP contribution in [-0.2, 0) is 22.5 Å². The number of rotatable bonds is 10. The number of carbonyl (C=O) groups is 2. The SMILES string of the molecule is CCCCCN(C(=O)c1cn(Cc2ccc(N(CC)C(=O)OC(C)(C)C)cc2Cl)c(C)n1)S(=O)O. The maximum Gasteiger partial charge on any atom is 0.414 e. The zero-order valence-electron chi connectivity index (χ0n) is 21.2. The molecule has 0 saturated carbocycles. The smallest absolute Gasteiger partial charge is 0.414 e. The van der Waals surface area contributed by atoms with E-state index >= 15 is 0 Å². The van der Waals surface area contributed by atoms with Crippen LogP contribution in [0.15, 0.2) is 24.4 Å². The minimum atomic E-state index is -2.42. The second-order valence-corrected chi connectivity index (χ2v) is 10.5. The number of ether oxygens (including phenoxy) is 1. The van der Waals surface area contributed by atoms with E-state index in [-0.39, 0.29) is 12.2 Å². The van der Waals surface area contributed by atoms with E-state index in [2.05, 4.69) is 4.98 Å². The van der Waals surface area contributed by atoms with Gasteiger partial charge >= 0.3 is 6.09 Å². The molecule has 0 aliphatic rings. The molecule has 0 aliphatic carbocycles. The van der Waals surface area contributed by atoms with Crippen molar-refractivity contribution in [2.45, 2.75) is 73.0 Å². The first kappa shape index (κ1) is 28.8. The molecular weight excluding hydrogens is 492 g/mol. The summed E-state index contributed by atoms with van der Waals surface area (Å²) < 4.78 is 29.4. The second kappa shape index (κ2) is 12.5. The summed E-state index contributed by atoms with van der Waals surface area (Å²) in [7, 11) is 0. The molecule has 9 nitrogen and oxygen atoms in total. The zero-order valence-corrected chi connectivity index (χ0v) is 22.8. The first-order valence-corrected chi connectivity index (χ1v) is 13.1. The summed E-state index contributed by atoms with van der Waals surface area (Å²) in [6.45, 7) is 12.0. The summed E-state index contributed by atoms with van der Waals surface area (Å²) in [6.07, 6.45) is 3.52. The average Bonchev–Trinajstić information content (AvgIpc) is 3.12. The van der Waals surface area contributed by atoms with Crippen molar-refractivity contribution in [2.75, 3.05) is 18.0 Å². The lowest BCUT2D eigenvalue weighted by Crippen LogP contribution is -2.36. The van der Waals surface area contributed by atoms with Gasteiger partial charge in [-0.3, -0.25) is 14.2 Å². The molecule has 0 fully saturated rings. The average molecular weight is 527 g/mol. The Morgan fingerprint density at radius 2 is 1.91 bits per heavy atom. The minimum absolute atomic E-state index is 0.0937. The Kier molecular flexibility index (Phi) is 10.3. The molecule has 2 amide bonds. The fourth-order valence-corrected chi connectivity index (χ4v) is 4.16. The Bertz CT molecular complexity index is 1070. The molecule has 1 heterocycles. The molecule has 1 N–H and O–H groups in total. The van der Waals surface area contributed by atoms with Gasteiger partial charge in [0.15, 0.2) is 0 Å². The number of hydrogen-bond acceptors (Lipinski definition) is 5. The molecule has 1 atom stereocenters. The quantitative estimate of drug-likeness (QED) is 0.327. The molecule has 1 aromatic heterocycles. The highest BCUT2D eigenvalue weighted by molar-refractivity contribution is 7.77. The highest BCUT2D eigenvalue weighted by Crippen LogP contribution is 2.26. The molecular formula is C24H35ClN4O5S. The van der Waals surface area contributed by atoms with Gasteiger partial charge in [-0.05, 0) is 58.7 Å². The van der Waals surface area contributed by atoms with Crippen LogP contribution < -0.4 is 4.90 Å². The van der Waals surface area contributed by atoms with E-state index in [1.54, 1.807) is 29.8 Å². The fourth-order valence-electron chi connectivity index (χ4n) is 3.41. The number of nitrogens with zero attached hydrogens (tertiary/aromatic N) is 4. The highest BCUT2D eigenvalue weighted by Gasteiger charge is 2.25. The molecule has 0 spiro atoms. The third-order valence-corrected chi connectivity index (χ3v) is 6.27. The van der Waals surface area contributed by atoms with Gasteiger partial charge in [0.25, 0.3) is 17.2 Å². The summed E-state index contributed by atoms with van der Waals surface area (Å²) >= 11 is 4.12. The van der Waals surface area contributed by atoms with Crippen LogP contribution in [0.4, 0.5) is 10.5 Å². The Morgan fingerprint density at radius 3 is 2.46 bits per heavy atom. The van der Waals surface area contributed by atoms with Crippen molar-refractivity contribution in [3.8, 4) is 0 Å². The summed E-state index contributed by atoms with van der Waals surface area (Å²) in [5, 5.41) is 0.447. The third-order valence-electron chi connectivity index (χ3n) is 5.19. The van der Waals surface area contributed by atoms with E-state index in [0.717, 1.165) is 22.7 Å². The third kappa shape index (κ3) is 8.05. The van der Waals surface area contributed by atoms with E-state index in [1.807, 2.05) is 40.7 Å². The van der Waals surface area contributed by atoms with E-state index in [1.165, 1.54) is 4.90 Å². The Balaban J connectivity index is 2.21. The molecule has 1 aromatic carbocycles. The molecule has 0 aliphatic heterocycles. The summed E-state index contributed by atoms with van der Waals surface area (Å²) in [5.74, 6) is -0.0316. The lowest BCUT2D eigenvalue weighted by molar-refractivity contribution is 0.0582. The van der Waals surface area contributed by atoms with E-state index in [9.17, 15) is 18.4 Å². The van der Waals surface area contributed by atoms with E-state index in [4.69, 9.17) is 16.3 Å². The Hall–Kier alpha value is -2.43. The number of halogens is 1. The molecule has 11 heteroatoms. The molecule has 35 heavy (non-hydrogen) atoms. The number of benzene rings is 1. The first-order chi connectivity index (χ1) is 16.4. The first-order valence-electron chi connectivity index (χ1n) is 11.6. The predicted molar refractivity (Wildman–Crippen MR) is 138 cm³/mol. The largest absolute Gasteiger partial charge is 0.443 e. The number of imidazole rings is 1. The van der Waals surface area contributed by atoms with Gasteiger partial charge in [0.2, 0.25) is 0 Å². The highest BCUT2D eigenvalue weighted by atomic mass is 35.5. The summed E-state index contributed by atoms with van der Waals surface area (Å²) in [5.41, 5.74) is 0.857. The van der Waals surface area contributed by atoms with Gasteiger partial charge in [-0.25, -0.2) is 18.3 Å². The maximum absolute atomic E-state index is 12.8. The van der Waals surface area contributed by atoms with Crippen LogP contribution in [0.5, 0.6) is 0 Å². The molecule has 2 rings (SSSR count). The maximum atomic E-state index is 12.8. The van der Waals surface area contributed by atoms with Gasteiger partial charge in [-0.15, -0.1) is 0 Å². The molecule has 2 aromatic rings. The van der Waals surface area contributed by atoms with Crippen LogP contribution in [0.25, 0.3) is 0 Å². The topological polar surface area (TPSA) is 105 Å². The number of hydrogen-bond donors (Lipinski definition) is 1. The van der Waals surface area contributed by atoms with Gasteiger partial charge in [-0.1, -0.05) is 37.4 Å². The molecule has 0 saturated heterocycles.